The zero-order valence-electron chi connectivity index (χ0n) is 30.3. The highest BCUT2D eigenvalue weighted by atomic mass is 16.6. The van der Waals surface area contributed by atoms with Gasteiger partial charge in [0.1, 0.15) is 35.1 Å². The molecule has 3 amide bonds. The summed E-state index contributed by atoms with van der Waals surface area (Å²) in [5, 5.41) is 25.6. The Morgan fingerprint density at radius 3 is 1.82 bits per heavy atom. The van der Waals surface area contributed by atoms with Crippen LogP contribution < -0.4 is 10.6 Å². The lowest BCUT2D eigenvalue weighted by Crippen LogP contribution is -2.56. The Labute approximate surface area is 295 Å². The number of aromatic hydroxyl groups is 1. The minimum absolute atomic E-state index is 0.0178. The molecule has 0 bridgehead atoms. The number of aliphatic hydroxyl groups excluding tert-OH is 1. The zero-order valence-corrected chi connectivity index (χ0v) is 30.3. The van der Waals surface area contributed by atoms with Gasteiger partial charge in [0, 0.05) is 19.4 Å². The monoisotopic (exact) mass is 689 g/mol. The predicted molar refractivity (Wildman–Crippen MR) is 190 cm³/mol. The maximum absolute atomic E-state index is 14.6. The van der Waals surface area contributed by atoms with Crippen LogP contribution in [0.1, 0.15) is 75.4 Å². The third-order valence-corrected chi connectivity index (χ3v) is 7.40. The summed E-state index contributed by atoms with van der Waals surface area (Å²) in [6.07, 6.45) is -0.742. The molecular weight excluding hydrogens is 638 g/mol. The Balaban J connectivity index is 2.12. The van der Waals surface area contributed by atoms with Crippen LogP contribution in [0.4, 0.5) is 4.79 Å². The molecule has 0 radical (unpaired) electrons. The van der Waals surface area contributed by atoms with Gasteiger partial charge in [-0.05, 0) is 84.2 Å². The maximum atomic E-state index is 14.6. The average Bonchev–Trinajstić information content (AvgIpc) is 2.99. The van der Waals surface area contributed by atoms with E-state index in [1.165, 1.54) is 17.0 Å². The topological polar surface area (TPSA) is 154 Å². The van der Waals surface area contributed by atoms with Crippen LogP contribution in [0.15, 0.2) is 72.8 Å². The molecule has 0 spiro atoms. The molecule has 3 atom stereocenters. The van der Waals surface area contributed by atoms with Crippen LogP contribution >= 0.6 is 0 Å². The van der Waals surface area contributed by atoms with E-state index >= 15 is 0 Å². The number of hydrogen-bond donors (Lipinski definition) is 4. The number of benzene rings is 3. The number of phenols is 1. The summed E-state index contributed by atoms with van der Waals surface area (Å²) >= 11 is 0. The Bertz CT molecular complexity index is 1590. The van der Waals surface area contributed by atoms with Crippen molar-refractivity contribution in [3.63, 3.8) is 0 Å². The van der Waals surface area contributed by atoms with Crippen LogP contribution in [-0.2, 0) is 36.7 Å². The molecule has 0 heterocycles. The standard InChI is InChI=1S/C39H51N3O8/c1-25-20-26(2)22-29(21-25)33(34(45)40-32(36(47)49-38(3,4)5)24-27-12-10-9-11-13-27)42(18-19-43)35(46)31(41-37(48)50-39(6,7)8)23-28-14-16-30(44)17-15-28/h9-17,20-22,31-33,43-44H,18-19,23-24H2,1-8H3,(H,40,45)(H,41,48). The number of alkyl carbamates (subject to hydrolysis) is 1. The lowest BCUT2D eigenvalue weighted by Gasteiger charge is -2.35. The van der Waals surface area contributed by atoms with E-state index in [4.69, 9.17) is 9.47 Å². The summed E-state index contributed by atoms with van der Waals surface area (Å²) in [5.74, 6) is -1.97. The summed E-state index contributed by atoms with van der Waals surface area (Å²) in [5.41, 5.74) is 1.80. The molecule has 0 saturated heterocycles. The van der Waals surface area contributed by atoms with E-state index in [9.17, 15) is 29.4 Å². The van der Waals surface area contributed by atoms with E-state index in [0.29, 0.717) is 11.1 Å². The van der Waals surface area contributed by atoms with E-state index in [2.05, 4.69) is 10.6 Å². The van der Waals surface area contributed by atoms with Crippen molar-refractivity contribution < 1.29 is 38.9 Å². The molecule has 0 aliphatic rings. The molecule has 3 aromatic carbocycles. The van der Waals surface area contributed by atoms with Crippen molar-refractivity contribution in [3.8, 4) is 5.75 Å². The van der Waals surface area contributed by atoms with Gasteiger partial charge in [0.2, 0.25) is 11.8 Å². The molecular formula is C39H51N3O8. The third kappa shape index (κ3) is 12.5. The van der Waals surface area contributed by atoms with Crippen molar-refractivity contribution in [3.05, 3.63) is 101 Å². The van der Waals surface area contributed by atoms with E-state index in [-0.39, 0.29) is 25.1 Å². The summed E-state index contributed by atoms with van der Waals surface area (Å²) in [6, 6.07) is 17.1. The smallest absolute Gasteiger partial charge is 0.408 e. The summed E-state index contributed by atoms with van der Waals surface area (Å²) in [4.78, 5) is 57.0. The number of hydrogen-bond acceptors (Lipinski definition) is 8. The molecule has 11 heteroatoms. The number of rotatable bonds is 13. The molecule has 0 fully saturated rings. The molecule has 0 aromatic heterocycles. The third-order valence-electron chi connectivity index (χ3n) is 7.40. The molecule has 3 aromatic rings. The number of nitrogens with one attached hydrogen (secondary N) is 2. The van der Waals surface area contributed by atoms with Gasteiger partial charge in [-0.15, -0.1) is 0 Å². The summed E-state index contributed by atoms with van der Waals surface area (Å²) in [7, 11) is 0. The van der Waals surface area contributed by atoms with Gasteiger partial charge in [-0.1, -0.05) is 71.8 Å². The number of aliphatic hydroxyl groups is 1. The average molecular weight is 690 g/mol. The van der Waals surface area contributed by atoms with Gasteiger partial charge in [-0.25, -0.2) is 9.59 Å². The first kappa shape index (κ1) is 39.5. The van der Waals surface area contributed by atoms with Gasteiger partial charge in [0.25, 0.3) is 0 Å². The normalized spacial score (nSPS) is 13.4. The molecule has 4 N–H and O–H groups in total. The molecule has 270 valence electrons. The fourth-order valence-electron chi connectivity index (χ4n) is 5.50. The largest absolute Gasteiger partial charge is 0.508 e. The number of ether oxygens (including phenoxy) is 2. The van der Waals surface area contributed by atoms with Crippen molar-refractivity contribution in [1.82, 2.24) is 15.5 Å². The highest BCUT2D eigenvalue weighted by Gasteiger charge is 2.38. The Morgan fingerprint density at radius 2 is 1.28 bits per heavy atom. The number of nitrogens with zero attached hydrogens (tertiary/aromatic N) is 1. The first-order chi connectivity index (χ1) is 23.3. The first-order valence-corrected chi connectivity index (χ1v) is 16.7. The number of carbonyl (C=O) groups excluding carboxylic acids is 4. The second kappa shape index (κ2) is 17.2. The van der Waals surface area contributed by atoms with Gasteiger partial charge < -0.3 is 35.2 Å². The lowest BCUT2D eigenvalue weighted by molar-refractivity contribution is -0.159. The van der Waals surface area contributed by atoms with Crippen LogP contribution in [0.3, 0.4) is 0 Å². The number of phenolic OH excluding ortho intramolecular Hbond substituents is 1. The van der Waals surface area contributed by atoms with Crippen LogP contribution in [0.25, 0.3) is 0 Å². The first-order valence-electron chi connectivity index (χ1n) is 16.7. The fraction of sp³-hybridized carbons (Fsp3) is 0.436. The number of carbonyl (C=O) groups is 4. The fourth-order valence-corrected chi connectivity index (χ4v) is 5.50. The van der Waals surface area contributed by atoms with Gasteiger partial charge in [-0.2, -0.15) is 0 Å². The van der Waals surface area contributed by atoms with E-state index in [1.54, 1.807) is 65.8 Å². The number of aryl methyl sites for hydroxylation is 2. The van der Waals surface area contributed by atoms with Gasteiger partial charge in [0.15, 0.2) is 0 Å². The zero-order chi connectivity index (χ0) is 37.2. The molecule has 11 nitrogen and oxygen atoms in total. The molecule has 50 heavy (non-hydrogen) atoms. The van der Waals surface area contributed by atoms with Crippen molar-refractivity contribution in [2.75, 3.05) is 13.2 Å². The molecule has 0 saturated carbocycles. The van der Waals surface area contributed by atoms with Crippen molar-refractivity contribution >= 4 is 23.9 Å². The number of amides is 3. The van der Waals surface area contributed by atoms with Crippen LogP contribution in [0.2, 0.25) is 0 Å². The quantitative estimate of drug-likeness (QED) is 0.181. The highest BCUT2D eigenvalue weighted by molar-refractivity contribution is 5.94. The van der Waals surface area contributed by atoms with Crippen LogP contribution in [-0.4, -0.2) is 75.4 Å². The molecule has 3 unspecified atom stereocenters. The van der Waals surface area contributed by atoms with Gasteiger partial charge >= 0.3 is 12.1 Å². The van der Waals surface area contributed by atoms with Crippen LogP contribution in [0.5, 0.6) is 5.75 Å². The number of esters is 1. The van der Waals surface area contributed by atoms with E-state index < -0.39 is 59.8 Å². The summed E-state index contributed by atoms with van der Waals surface area (Å²) < 4.78 is 11.2. The molecule has 0 aliphatic carbocycles. The van der Waals surface area contributed by atoms with Crippen molar-refractivity contribution in [2.24, 2.45) is 0 Å². The Morgan fingerprint density at radius 1 is 0.740 bits per heavy atom. The van der Waals surface area contributed by atoms with Gasteiger partial charge in [-0.3, -0.25) is 9.59 Å². The van der Waals surface area contributed by atoms with E-state index in [0.717, 1.165) is 16.7 Å². The van der Waals surface area contributed by atoms with Crippen molar-refractivity contribution in [2.45, 2.75) is 97.6 Å². The van der Waals surface area contributed by atoms with E-state index in [1.807, 2.05) is 50.2 Å². The molecule has 3 rings (SSSR count). The highest BCUT2D eigenvalue weighted by Crippen LogP contribution is 2.26. The molecule has 0 aliphatic heterocycles. The Hall–Kier alpha value is -4.90. The summed E-state index contributed by atoms with van der Waals surface area (Å²) in [6.45, 7) is 13.2. The Kier molecular flexibility index (Phi) is 13.6. The maximum Gasteiger partial charge on any atom is 0.408 e. The van der Waals surface area contributed by atoms with Crippen molar-refractivity contribution in [1.29, 1.82) is 0 Å². The minimum atomic E-state index is -1.32. The lowest BCUT2D eigenvalue weighted by atomic mass is 9.96. The SMILES string of the molecule is Cc1cc(C)cc(C(C(=O)NC(Cc2ccccc2)C(=O)OC(C)(C)C)N(CCO)C(=O)C(Cc2ccc(O)cc2)NC(=O)OC(C)(C)C)c1. The second-order valence-electron chi connectivity index (χ2n) is 14.4. The predicted octanol–water partition coefficient (Wildman–Crippen LogP) is 5.08. The van der Waals surface area contributed by atoms with Gasteiger partial charge in [0.05, 0.1) is 6.61 Å². The minimum Gasteiger partial charge on any atom is -0.508 e. The second-order valence-corrected chi connectivity index (χ2v) is 14.4. The van der Waals surface area contributed by atoms with Crippen LogP contribution in [0, 0.1) is 13.8 Å².